The number of aliphatic imine (C=N–C) groups is 1. The summed E-state index contributed by atoms with van der Waals surface area (Å²) in [5.74, 6) is 2.45. The molecule has 0 bridgehead atoms. The van der Waals surface area contributed by atoms with Gasteiger partial charge in [0.05, 0.1) is 13.7 Å². The van der Waals surface area contributed by atoms with Gasteiger partial charge < -0.3 is 25.2 Å². The molecule has 0 atom stereocenters. The second-order valence-corrected chi connectivity index (χ2v) is 7.45. The monoisotopic (exact) mass is 567 g/mol. The topological polar surface area (TPSA) is 95.0 Å². The molecule has 0 aliphatic carbocycles. The molecule has 0 radical (unpaired) electrons. The summed E-state index contributed by atoms with van der Waals surface area (Å²) in [6, 6.07) is 9.86. The van der Waals surface area contributed by atoms with Crippen LogP contribution in [0.5, 0.6) is 5.75 Å². The van der Waals surface area contributed by atoms with Gasteiger partial charge in [0.2, 0.25) is 11.9 Å². The number of carbonyl (C=O) groups excluding carboxylic acids is 1. The summed E-state index contributed by atoms with van der Waals surface area (Å²) >= 11 is 0. The number of piperazine rings is 1. The maximum atomic E-state index is 12.6. The summed E-state index contributed by atoms with van der Waals surface area (Å²) in [5, 5.41) is 6.57. The van der Waals surface area contributed by atoms with Gasteiger partial charge >= 0.3 is 0 Å². The van der Waals surface area contributed by atoms with Crippen LogP contribution in [0.3, 0.4) is 0 Å². The molecule has 180 valence electrons. The van der Waals surface area contributed by atoms with Gasteiger partial charge in [-0.05, 0) is 37.1 Å². The predicted octanol–water partition coefficient (Wildman–Crippen LogP) is 1.94. The standard InChI is InChI=1S/C23H33N7O2.HI/c1-3-24-22(25-13-9-19-5-7-20(32-2)8-6-19)26-14-10-21(31)29-15-17-30(18-16-29)23-27-11-4-12-28-23;/h4-8,11-12H,3,9-10,13-18H2,1-2H3,(H2,24,25,26);1H. The number of aromatic nitrogens is 2. The van der Waals surface area contributed by atoms with Crippen molar-refractivity contribution in [3.05, 3.63) is 48.3 Å². The van der Waals surface area contributed by atoms with Crippen LogP contribution in [-0.4, -0.2) is 79.7 Å². The van der Waals surface area contributed by atoms with Gasteiger partial charge in [-0.2, -0.15) is 0 Å². The van der Waals surface area contributed by atoms with Gasteiger partial charge in [-0.15, -0.1) is 24.0 Å². The van der Waals surface area contributed by atoms with Crippen molar-refractivity contribution in [1.82, 2.24) is 25.5 Å². The summed E-state index contributed by atoms with van der Waals surface area (Å²) < 4.78 is 5.19. The van der Waals surface area contributed by atoms with Gasteiger partial charge in [-0.1, -0.05) is 12.1 Å². The van der Waals surface area contributed by atoms with Crippen LogP contribution >= 0.6 is 24.0 Å². The number of methoxy groups -OCH3 is 1. The van der Waals surface area contributed by atoms with Crippen LogP contribution in [0, 0.1) is 0 Å². The smallest absolute Gasteiger partial charge is 0.225 e. The van der Waals surface area contributed by atoms with E-state index < -0.39 is 0 Å². The molecule has 2 heterocycles. The molecule has 0 unspecified atom stereocenters. The molecule has 1 amide bonds. The van der Waals surface area contributed by atoms with Gasteiger partial charge in [-0.25, -0.2) is 9.97 Å². The lowest BCUT2D eigenvalue weighted by molar-refractivity contribution is -0.131. The minimum Gasteiger partial charge on any atom is -0.497 e. The Hall–Kier alpha value is -2.63. The van der Waals surface area contributed by atoms with Crippen LogP contribution in [0.4, 0.5) is 5.95 Å². The van der Waals surface area contributed by atoms with Gasteiger partial charge in [0.25, 0.3) is 0 Å². The van der Waals surface area contributed by atoms with Crippen molar-refractivity contribution >= 4 is 41.8 Å². The third-order valence-electron chi connectivity index (χ3n) is 5.27. The number of benzene rings is 1. The zero-order valence-corrected chi connectivity index (χ0v) is 21.7. The van der Waals surface area contributed by atoms with E-state index in [4.69, 9.17) is 4.74 Å². The molecule has 33 heavy (non-hydrogen) atoms. The Morgan fingerprint density at radius 3 is 2.42 bits per heavy atom. The maximum absolute atomic E-state index is 12.6. The van der Waals surface area contributed by atoms with Gasteiger partial charge in [0, 0.05) is 58.1 Å². The molecule has 3 rings (SSSR count). The number of nitrogens with zero attached hydrogens (tertiary/aromatic N) is 5. The van der Waals surface area contributed by atoms with Crippen molar-refractivity contribution in [1.29, 1.82) is 0 Å². The quantitative estimate of drug-likeness (QED) is 0.272. The first-order valence-corrected chi connectivity index (χ1v) is 11.1. The molecular weight excluding hydrogens is 533 g/mol. The second-order valence-electron chi connectivity index (χ2n) is 7.45. The number of hydrogen-bond donors (Lipinski definition) is 2. The molecule has 0 spiro atoms. The summed E-state index contributed by atoms with van der Waals surface area (Å²) in [5.41, 5.74) is 1.23. The van der Waals surface area contributed by atoms with E-state index in [-0.39, 0.29) is 29.9 Å². The van der Waals surface area contributed by atoms with E-state index >= 15 is 0 Å². The Morgan fingerprint density at radius 1 is 1.09 bits per heavy atom. The largest absolute Gasteiger partial charge is 0.497 e. The van der Waals surface area contributed by atoms with Crippen LogP contribution in [0.25, 0.3) is 0 Å². The van der Waals surface area contributed by atoms with E-state index in [2.05, 4.69) is 42.6 Å². The van der Waals surface area contributed by atoms with Crippen molar-refractivity contribution in [2.45, 2.75) is 19.8 Å². The second kappa shape index (κ2) is 14.5. The molecule has 9 nitrogen and oxygen atoms in total. The molecule has 2 N–H and O–H groups in total. The summed E-state index contributed by atoms with van der Waals surface area (Å²) in [7, 11) is 1.67. The molecule has 2 aromatic rings. The van der Waals surface area contributed by atoms with Crippen molar-refractivity contribution in [3.63, 3.8) is 0 Å². The highest BCUT2D eigenvalue weighted by Gasteiger charge is 2.22. The molecule has 1 saturated heterocycles. The molecule has 1 aliphatic rings. The lowest BCUT2D eigenvalue weighted by Crippen LogP contribution is -2.49. The van der Waals surface area contributed by atoms with E-state index in [1.807, 2.05) is 24.0 Å². The van der Waals surface area contributed by atoms with Crippen LogP contribution in [0.15, 0.2) is 47.7 Å². The fourth-order valence-corrected chi connectivity index (χ4v) is 3.49. The highest BCUT2D eigenvalue weighted by atomic mass is 127. The number of ether oxygens (including phenoxy) is 1. The van der Waals surface area contributed by atoms with Crippen LogP contribution < -0.4 is 20.3 Å². The van der Waals surface area contributed by atoms with Gasteiger partial charge in [0.1, 0.15) is 5.75 Å². The van der Waals surface area contributed by atoms with Crippen molar-refractivity contribution < 1.29 is 9.53 Å². The lowest BCUT2D eigenvalue weighted by Gasteiger charge is -2.34. The van der Waals surface area contributed by atoms with E-state index in [1.54, 1.807) is 25.6 Å². The first kappa shape index (κ1) is 26.6. The lowest BCUT2D eigenvalue weighted by atomic mass is 10.1. The fourth-order valence-electron chi connectivity index (χ4n) is 3.49. The predicted molar refractivity (Wildman–Crippen MR) is 142 cm³/mol. The average molecular weight is 567 g/mol. The van der Waals surface area contributed by atoms with Gasteiger partial charge in [-0.3, -0.25) is 9.79 Å². The minimum absolute atomic E-state index is 0. The Bertz CT molecular complexity index is 857. The van der Waals surface area contributed by atoms with E-state index in [0.29, 0.717) is 26.1 Å². The Kier molecular flexibility index (Phi) is 11.7. The number of guanidine groups is 1. The zero-order chi connectivity index (χ0) is 22.6. The highest BCUT2D eigenvalue weighted by molar-refractivity contribution is 14.0. The van der Waals surface area contributed by atoms with Crippen molar-refractivity contribution in [2.24, 2.45) is 4.99 Å². The highest BCUT2D eigenvalue weighted by Crippen LogP contribution is 2.12. The number of amides is 1. The third kappa shape index (κ3) is 8.67. The van der Waals surface area contributed by atoms with E-state index in [0.717, 1.165) is 50.3 Å². The number of nitrogens with one attached hydrogen (secondary N) is 2. The number of anilines is 1. The first-order valence-electron chi connectivity index (χ1n) is 11.1. The average Bonchev–Trinajstić information content (AvgIpc) is 2.85. The minimum atomic E-state index is 0. The summed E-state index contributed by atoms with van der Waals surface area (Å²) in [6.45, 7) is 6.87. The molecule has 1 fully saturated rings. The van der Waals surface area contributed by atoms with Crippen LogP contribution in [-0.2, 0) is 11.2 Å². The molecule has 10 heteroatoms. The van der Waals surface area contributed by atoms with Crippen molar-refractivity contribution in [3.8, 4) is 5.75 Å². The molecule has 0 saturated carbocycles. The number of hydrogen-bond acceptors (Lipinski definition) is 6. The van der Waals surface area contributed by atoms with E-state index in [1.165, 1.54) is 5.56 Å². The number of carbonyl (C=O) groups is 1. The Balaban J connectivity index is 0.00000385. The van der Waals surface area contributed by atoms with Crippen LogP contribution in [0.2, 0.25) is 0 Å². The summed E-state index contributed by atoms with van der Waals surface area (Å²) in [6.07, 6.45) is 4.76. The molecule has 1 aromatic heterocycles. The Labute approximate surface area is 213 Å². The van der Waals surface area contributed by atoms with Crippen molar-refractivity contribution in [2.75, 3.05) is 57.8 Å². The fraction of sp³-hybridized carbons (Fsp3) is 0.478. The molecule has 1 aliphatic heterocycles. The van der Waals surface area contributed by atoms with E-state index in [9.17, 15) is 4.79 Å². The third-order valence-corrected chi connectivity index (χ3v) is 5.27. The number of rotatable bonds is 9. The van der Waals surface area contributed by atoms with Crippen LogP contribution in [0.1, 0.15) is 18.9 Å². The molecule has 1 aromatic carbocycles. The Morgan fingerprint density at radius 2 is 1.79 bits per heavy atom. The number of halogens is 1. The van der Waals surface area contributed by atoms with Gasteiger partial charge in [0.15, 0.2) is 5.96 Å². The normalized spacial score (nSPS) is 13.8. The zero-order valence-electron chi connectivity index (χ0n) is 19.4. The maximum Gasteiger partial charge on any atom is 0.225 e. The molecular formula is C23H34IN7O2. The summed E-state index contributed by atoms with van der Waals surface area (Å²) in [4.78, 5) is 29.7. The SMILES string of the molecule is CCNC(=NCCC(=O)N1CCN(c2ncccn2)CC1)NCCc1ccc(OC)cc1.I. The first-order chi connectivity index (χ1) is 15.7.